The van der Waals surface area contributed by atoms with Gasteiger partial charge in [0.25, 0.3) is 5.91 Å². The van der Waals surface area contributed by atoms with E-state index in [-0.39, 0.29) is 23.0 Å². The molecule has 6 heteroatoms. The highest BCUT2D eigenvalue weighted by Gasteiger charge is 2.45. The van der Waals surface area contributed by atoms with Crippen LogP contribution in [0.2, 0.25) is 0 Å². The van der Waals surface area contributed by atoms with E-state index in [4.69, 9.17) is 0 Å². The van der Waals surface area contributed by atoms with Gasteiger partial charge in [0.15, 0.2) is 0 Å². The topological polar surface area (TPSA) is 49.4 Å². The highest BCUT2D eigenvalue weighted by atomic mass is 32.2. The molecule has 1 aliphatic carbocycles. The van der Waals surface area contributed by atoms with Crippen molar-refractivity contribution in [2.45, 2.75) is 50.1 Å². The first kappa shape index (κ1) is 20.9. The summed E-state index contributed by atoms with van der Waals surface area (Å²) in [5.41, 5.74) is 1.46. The summed E-state index contributed by atoms with van der Waals surface area (Å²) in [5.74, 6) is 0.313. The number of halogens is 1. The van der Waals surface area contributed by atoms with E-state index < -0.39 is 6.04 Å². The Balaban J connectivity index is 1.53. The molecule has 2 aromatic carbocycles. The fourth-order valence-corrected chi connectivity index (χ4v) is 6.05. The second-order valence-corrected chi connectivity index (χ2v) is 9.21. The number of carbonyl (C=O) groups excluding carboxylic acids is 2. The second kappa shape index (κ2) is 9.65. The SMILES string of the molecule is O=C(NCc1ccccc1)[C@@H]1CS[C@@H](C2CCCCC2)N1C(=O)c1ccc(F)cc1. The van der Waals surface area contributed by atoms with Crippen LogP contribution in [0.25, 0.3) is 0 Å². The van der Waals surface area contributed by atoms with Crippen LogP contribution in [-0.2, 0) is 11.3 Å². The Labute approximate surface area is 181 Å². The smallest absolute Gasteiger partial charge is 0.255 e. The van der Waals surface area contributed by atoms with Crippen LogP contribution in [0.5, 0.6) is 0 Å². The summed E-state index contributed by atoms with van der Waals surface area (Å²) in [6, 6.07) is 14.9. The van der Waals surface area contributed by atoms with Crippen molar-refractivity contribution >= 4 is 23.6 Å². The molecule has 0 unspecified atom stereocenters. The molecule has 0 aromatic heterocycles. The molecule has 1 aliphatic heterocycles. The number of hydrogen-bond acceptors (Lipinski definition) is 3. The van der Waals surface area contributed by atoms with E-state index in [1.165, 1.54) is 43.5 Å². The van der Waals surface area contributed by atoms with Crippen molar-refractivity contribution in [3.63, 3.8) is 0 Å². The van der Waals surface area contributed by atoms with Gasteiger partial charge < -0.3 is 10.2 Å². The van der Waals surface area contributed by atoms with Gasteiger partial charge in [0.05, 0.1) is 5.37 Å². The zero-order valence-electron chi connectivity index (χ0n) is 16.9. The van der Waals surface area contributed by atoms with Gasteiger partial charge in [-0.3, -0.25) is 9.59 Å². The van der Waals surface area contributed by atoms with E-state index in [1.807, 2.05) is 30.3 Å². The third-order valence-electron chi connectivity index (χ3n) is 6.03. The number of amides is 2. The summed E-state index contributed by atoms with van der Waals surface area (Å²) in [7, 11) is 0. The maximum Gasteiger partial charge on any atom is 0.255 e. The summed E-state index contributed by atoms with van der Waals surface area (Å²) >= 11 is 1.71. The van der Waals surface area contributed by atoms with Crippen LogP contribution in [0.15, 0.2) is 54.6 Å². The molecule has 1 saturated carbocycles. The van der Waals surface area contributed by atoms with E-state index in [2.05, 4.69) is 5.32 Å². The molecule has 2 fully saturated rings. The third kappa shape index (κ3) is 4.69. The van der Waals surface area contributed by atoms with Gasteiger partial charge in [0, 0.05) is 17.9 Å². The van der Waals surface area contributed by atoms with Crippen LogP contribution < -0.4 is 5.32 Å². The number of carbonyl (C=O) groups is 2. The summed E-state index contributed by atoms with van der Waals surface area (Å²) in [6.07, 6.45) is 5.75. The van der Waals surface area contributed by atoms with E-state index in [1.54, 1.807) is 16.7 Å². The number of thioether (sulfide) groups is 1. The standard InChI is InChI=1S/C24H27FN2O2S/c25-20-13-11-18(12-14-20)23(29)27-21(16-30-24(27)19-9-5-2-6-10-19)22(28)26-15-17-7-3-1-4-8-17/h1,3-4,7-8,11-14,19,21,24H,2,5-6,9-10,15-16H2,(H,26,28)/t21-,24-/m0/s1. The van der Waals surface area contributed by atoms with Gasteiger partial charge in [-0.2, -0.15) is 0 Å². The molecule has 4 nitrogen and oxygen atoms in total. The maximum absolute atomic E-state index is 13.4. The Morgan fingerprint density at radius 3 is 2.40 bits per heavy atom. The van der Waals surface area contributed by atoms with Crippen LogP contribution >= 0.6 is 11.8 Å². The molecular formula is C24H27FN2O2S. The number of nitrogens with zero attached hydrogens (tertiary/aromatic N) is 1. The Morgan fingerprint density at radius 1 is 1.00 bits per heavy atom. The zero-order valence-corrected chi connectivity index (χ0v) is 17.7. The quantitative estimate of drug-likeness (QED) is 0.760. The highest BCUT2D eigenvalue weighted by Crippen LogP contribution is 2.41. The minimum absolute atomic E-state index is 0.00433. The number of hydrogen-bond donors (Lipinski definition) is 1. The van der Waals surface area contributed by atoms with Crippen molar-refractivity contribution in [2.24, 2.45) is 5.92 Å². The predicted octanol–water partition coefficient (Wildman–Crippen LogP) is 4.61. The summed E-state index contributed by atoms with van der Waals surface area (Å²) in [6.45, 7) is 0.438. The fourth-order valence-electron chi connectivity index (χ4n) is 4.41. The molecule has 1 N–H and O–H groups in total. The minimum atomic E-state index is -0.511. The number of benzene rings is 2. The normalized spacial score (nSPS) is 22.1. The Bertz CT molecular complexity index is 869. The lowest BCUT2D eigenvalue weighted by Crippen LogP contribution is -2.51. The molecule has 158 valence electrons. The molecule has 0 bridgehead atoms. The molecule has 1 heterocycles. The third-order valence-corrected chi connectivity index (χ3v) is 7.49. The molecule has 0 spiro atoms. The van der Waals surface area contributed by atoms with Crippen molar-refractivity contribution in [2.75, 3.05) is 5.75 Å². The largest absolute Gasteiger partial charge is 0.350 e. The van der Waals surface area contributed by atoms with Crippen LogP contribution in [0.3, 0.4) is 0 Å². The molecule has 4 rings (SSSR count). The maximum atomic E-state index is 13.4. The average molecular weight is 427 g/mol. The second-order valence-electron chi connectivity index (χ2n) is 8.06. The average Bonchev–Trinajstić information content (AvgIpc) is 3.24. The minimum Gasteiger partial charge on any atom is -0.350 e. The van der Waals surface area contributed by atoms with Gasteiger partial charge in [-0.05, 0) is 48.6 Å². The molecule has 2 aromatic rings. The zero-order chi connectivity index (χ0) is 20.9. The first-order valence-electron chi connectivity index (χ1n) is 10.6. The predicted molar refractivity (Wildman–Crippen MR) is 117 cm³/mol. The van der Waals surface area contributed by atoms with Gasteiger partial charge in [-0.1, -0.05) is 49.6 Å². The van der Waals surface area contributed by atoms with Crippen molar-refractivity contribution < 1.29 is 14.0 Å². The Morgan fingerprint density at radius 2 is 1.70 bits per heavy atom. The van der Waals surface area contributed by atoms with Crippen LogP contribution in [0.1, 0.15) is 48.0 Å². The highest BCUT2D eigenvalue weighted by molar-refractivity contribution is 8.00. The summed E-state index contributed by atoms with van der Waals surface area (Å²) < 4.78 is 13.4. The number of nitrogens with one attached hydrogen (secondary N) is 1. The summed E-state index contributed by atoms with van der Waals surface area (Å²) in [4.78, 5) is 28.3. The molecule has 0 radical (unpaired) electrons. The van der Waals surface area contributed by atoms with E-state index in [9.17, 15) is 14.0 Å². The van der Waals surface area contributed by atoms with Crippen LogP contribution in [-0.4, -0.2) is 33.9 Å². The monoisotopic (exact) mass is 426 g/mol. The van der Waals surface area contributed by atoms with Crippen molar-refractivity contribution in [1.82, 2.24) is 10.2 Å². The molecule has 2 aliphatic rings. The van der Waals surface area contributed by atoms with Crippen molar-refractivity contribution in [1.29, 1.82) is 0 Å². The summed E-state index contributed by atoms with van der Waals surface area (Å²) in [5, 5.41) is 3.00. The molecule has 1 saturated heterocycles. The molecule has 2 atom stereocenters. The first-order valence-corrected chi connectivity index (χ1v) is 11.7. The first-order chi connectivity index (χ1) is 14.6. The lowest BCUT2D eigenvalue weighted by atomic mass is 9.88. The van der Waals surface area contributed by atoms with Gasteiger partial charge >= 0.3 is 0 Å². The van der Waals surface area contributed by atoms with Gasteiger partial charge in [-0.25, -0.2) is 4.39 Å². The number of rotatable bonds is 5. The Kier molecular flexibility index (Phi) is 6.72. The van der Waals surface area contributed by atoms with Crippen molar-refractivity contribution in [3.05, 3.63) is 71.5 Å². The Hall–Kier alpha value is -2.34. The van der Waals surface area contributed by atoms with E-state index >= 15 is 0 Å². The fraction of sp³-hybridized carbons (Fsp3) is 0.417. The van der Waals surface area contributed by atoms with E-state index in [0.717, 1.165) is 18.4 Å². The molecular weight excluding hydrogens is 399 g/mol. The van der Waals surface area contributed by atoms with Crippen LogP contribution in [0, 0.1) is 11.7 Å². The van der Waals surface area contributed by atoms with Crippen molar-refractivity contribution in [3.8, 4) is 0 Å². The van der Waals surface area contributed by atoms with Gasteiger partial charge in [-0.15, -0.1) is 11.8 Å². The lowest BCUT2D eigenvalue weighted by molar-refractivity contribution is -0.125. The molecule has 30 heavy (non-hydrogen) atoms. The molecule has 2 amide bonds. The lowest BCUT2D eigenvalue weighted by Gasteiger charge is -2.35. The van der Waals surface area contributed by atoms with Gasteiger partial charge in [0.1, 0.15) is 11.9 Å². The van der Waals surface area contributed by atoms with E-state index in [0.29, 0.717) is 23.8 Å². The van der Waals surface area contributed by atoms with Crippen LogP contribution in [0.4, 0.5) is 4.39 Å². The van der Waals surface area contributed by atoms with Gasteiger partial charge in [0.2, 0.25) is 5.91 Å².